The van der Waals surface area contributed by atoms with Crippen molar-refractivity contribution in [2.45, 2.75) is 25.0 Å². The van der Waals surface area contributed by atoms with Gasteiger partial charge in [-0.3, -0.25) is 4.79 Å². The van der Waals surface area contributed by atoms with Gasteiger partial charge in [0.25, 0.3) is 0 Å². The fraction of sp³-hybridized carbons (Fsp3) is 0.182. The van der Waals surface area contributed by atoms with E-state index in [9.17, 15) is 4.79 Å². The second-order valence-corrected chi connectivity index (χ2v) is 8.75. The number of thiophene rings is 1. The summed E-state index contributed by atoms with van der Waals surface area (Å²) in [6.45, 7) is 4.05. The molecule has 1 atom stereocenters. The van der Waals surface area contributed by atoms with E-state index in [4.69, 9.17) is 0 Å². The highest BCUT2D eigenvalue weighted by atomic mass is 32.2. The van der Waals surface area contributed by atoms with Gasteiger partial charge < -0.3 is 5.32 Å². The molecule has 4 aromatic rings. The van der Waals surface area contributed by atoms with Crippen molar-refractivity contribution in [1.82, 2.24) is 25.5 Å². The van der Waals surface area contributed by atoms with E-state index in [0.29, 0.717) is 5.16 Å². The maximum absolute atomic E-state index is 12.8. The molecule has 1 N–H and O–H groups in total. The second kappa shape index (κ2) is 9.23. The zero-order valence-electron chi connectivity index (χ0n) is 16.6. The van der Waals surface area contributed by atoms with E-state index in [0.717, 1.165) is 27.3 Å². The van der Waals surface area contributed by atoms with Crippen LogP contribution in [0, 0.1) is 13.8 Å². The van der Waals surface area contributed by atoms with Gasteiger partial charge in [-0.2, -0.15) is 4.68 Å². The summed E-state index contributed by atoms with van der Waals surface area (Å²) in [6.07, 6.45) is 0. The van der Waals surface area contributed by atoms with E-state index < -0.39 is 0 Å². The van der Waals surface area contributed by atoms with Gasteiger partial charge in [-0.05, 0) is 52.4 Å². The first-order valence-electron chi connectivity index (χ1n) is 9.49. The summed E-state index contributed by atoms with van der Waals surface area (Å²) < 4.78 is 1.70. The summed E-state index contributed by atoms with van der Waals surface area (Å²) in [5.74, 6) is 0.151. The van der Waals surface area contributed by atoms with Crippen molar-refractivity contribution in [1.29, 1.82) is 0 Å². The normalized spacial score (nSPS) is 11.9. The molecule has 8 heteroatoms. The van der Waals surface area contributed by atoms with Crippen LogP contribution < -0.4 is 5.32 Å². The predicted molar refractivity (Wildman–Crippen MR) is 120 cm³/mol. The Labute approximate surface area is 183 Å². The lowest BCUT2D eigenvalue weighted by Crippen LogP contribution is -2.30. The first-order chi connectivity index (χ1) is 14.6. The number of nitrogens with one attached hydrogen (secondary N) is 1. The summed E-state index contributed by atoms with van der Waals surface area (Å²) in [5.41, 5.74) is 4.16. The van der Waals surface area contributed by atoms with Crippen LogP contribution in [-0.2, 0) is 4.79 Å². The number of carbonyl (C=O) groups excluding carboxylic acids is 1. The molecule has 2 aromatic heterocycles. The van der Waals surface area contributed by atoms with Crippen LogP contribution in [0.3, 0.4) is 0 Å². The highest BCUT2D eigenvalue weighted by molar-refractivity contribution is 7.99. The van der Waals surface area contributed by atoms with Gasteiger partial charge in [-0.1, -0.05) is 66.4 Å². The molecule has 2 aromatic carbocycles. The van der Waals surface area contributed by atoms with Gasteiger partial charge in [0.2, 0.25) is 11.1 Å². The molecule has 0 bridgehead atoms. The molecule has 0 saturated carbocycles. The fourth-order valence-electron chi connectivity index (χ4n) is 3.30. The van der Waals surface area contributed by atoms with Crippen molar-refractivity contribution in [2.75, 3.05) is 5.75 Å². The molecule has 0 aliphatic heterocycles. The summed E-state index contributed by atoms with van der Waals surface area (Å²) in [5, 5.41) is 17.8. The van der Waals surface area contributed by atoms with Crippen LogP contribution >= 0.6 is 23.1 Å². The Bertz CT molecular complexity index is 1110. The summed E-state index contributed by atoms with van der Waals surface area (Å²) in [4.78, 5) is 13.9. The van der Waals surface area contributed by atoms with E-state index in [1.807, 2.05) is 79.9 Å². The Hall–Kier alpha value is -2.97. The predicted octanol–water partition coefficient (Wildman–Crippen LogP) is 4.34. The standard InChI is InChI=1S/C22H21N5OS2/c1-15-8-6-9-16(2)21(15)27-22(24-25-26-27)30-14-19(28)23-20(18-12-7-13-29-18)17-10-4-3-5-11-17/h3-13,20H,14H2,1-2H3,(H,23,28). The molecule has 30 heavy (non-hydrogen) atoms. The highest BCUT2D eigenvalue weighted by Gasteiger charge is 2.19. The Balaban J connectivity index is 1.49. The number of tetrazole rings is 1. The summed E-state index contributed by atoms with van der Waals surface area (Å²) >= 11 is 2.96. The van der Waals surface area contributed by atoms with E-state index in [2.05, 4.69) is 20.8 Å². The van der Waals surface area contributed by atoms with Crippen molar-refractivity contribution in [2.24, 2.45) is 0 Å². The lowest BCUT2D eigenvalue weighted by Gasteiger charge is -2.18. The van der Waals surface area contributed by atoms with Gasteiger partial charge in [0.1, 0.15) is 0 Å². The quantitative estimate of drug-likeness (QED) is 0.437. The maximum Gasteiger partial charge on any atom is 0.231 e. The number of benzene rings is 2. The molecule has 0 radical (unpaired) electrons. The van der Waals surface area contributed by atoms with Crippen LogP contribution in [-0.4, -0.2) is 31.9 Å². The van der Waals surface area contributed by atoms with Gasteiger partial charge in [0.15, 0.2) is 0 Å². The van der Waals surface area contributed by atoms with Crippen LogP contribution in [0.4, 0.5) is 0 Å². The van der Waals surface area contributed by atoms with Crippen LogP contribution in [0.25, 0.3) is 5.69 Å². The van der Waals surface area contributed by atoms with Gasteiger partial charge in [0.05, 0.1) is 17.5 Å². The minimum atomic E-state index is -0.172. The Morgan fingerprint density at radius 1 is 1.07 bits per heavy atom. The van der Waals surface area contributed by atoms with Crippen molar-refractivity contribution in [3.05, 3.63) is 87.6 Å². The monoisotopic (exact) mass is 435 g/mol. The summed E-state index contributed by atoms with van der Waals surface area (Å²) in [6, 6.07) is 19.9. The maximum atomic E-state index is 12.8. The fourth-order valence-corrected chi connectivity index (χ4v) is 4.79. The molecule has 0 aliphatic rings. The van der Waals surface area contributed by atoms with Crippen molar-refractivity contribution in [3.63, 3.8) is 0 Å². The van der Waals surface area contributed by atoms with Gasteiger partial charge >= 0.3 is 0 Å². The third-order valence-corrected chi connectivity index (χ3v) is 6.55. The number of hydrogen-bond acceptors (Lipinski definition) is 6. The van der Waals surface area contributed by atoms with Crippen LogP contribution in [0.2, 0.25) is 0 Å². The van der Waals surface area contributed by atoms with Gasteiger partial charge in [-0.15, -0.1) is 16.4 Å². The Morgan fingerprint density at radius 2 is 1.83 bits per heavy atom. The number of nitrogens with zero attached hydrogens (tertiary/aromatic N) is 4. The largest absolute Gasteiger partial charge is 0.344 e. The zero-order valence-corrected chi connectivity index (χ0v) is 18.3. The van der Waals surface area contributed by atoms with Crippen molar-refractivity contribution >= 4 is 29.0 Å². The van der Waals surface area contributed by atoms with Gasteiger partial charge in [-0.25, -0.2) is 0 Å². The number of aromatic nitrogens is 4. The third-order valence-electron chi connectivity index (χ3n) is 4.69. The van der Waals surface area contributed by atoms with Gasteiger partial charge in [0, 0.05) is 4.88 Å². The minimum absolute atomic E-state index is 0.0710. The number of carbonyl (C=O) groups is 1. The van der Waals surface area contributed by atoms with Crippen molar-refractivity contribution in [3.8, 4) is 5.69 Å². The lowest BCUT2D eigenvalue weighted by atomic mass is 10.1. The molecule has 6 nitrogen and oxygen atoms in total. The number of thioether (sulfide) groups is 1. The highest BCUT2D eigenvalue weighted by Crippen LogP contribution is 2.27. The average Bonchev–Trinajstić information content (AvgIpc) is 3.43. The molecule has 0 spiro atoms. The Kier molecular flexibility index (Phi) is 6.25. The molecule has 1 amide bonds. The molecular formula is C22H21N5OS2. The first-order valence-corrected chi connectivity index (χ1v) is 11.4. The van der Waals surface area contributed by atoms with Crippen molar-refractivity contribution < 1.29 is 4.79 Å². The van der Waals surface area contributed by atoms with E-state index in [-0.39, 0.29) is 17.7 Å². The number of rotatable bonds is 7. The molecule has 0 saturated heterocycles. The minimum Gasteiger partial charge on any atom is -0.344 e. The number of amides is 1. The van der Waals surface area contributed by atoms with Crippen LogP contribution in [0.15, 0.2) is 71.2 Å². The molecule has 2 heterocycles. The van der Waals surface area contributed by atoms with E-state index in [1.165, 1.54) is 11.8 Å². The molecule has 152 valence electrons. The molecule has 1 unspecified atom stereocenters. The van der Waals surface area contributed by atoms with Crippen LogP contribution in [0.1, 0.15) is 27.6 Å². The molecular weight excluding hydrogens is 414 g/mol. The zero-order chi connectivity index (χ0) is 20.9. The second-order valence-electron chi connectivity index (χ2n) is 6.83. The number of aryl methyl sites for hydroxylation is 2. The Morgan fingerprint density at radius 3 is 2.53 bits per heavy atom. The topological polar surface area (TPSA) is 72.7 Å². The van der Waals surface area contributed by atoms with E-state index in [1.54, 1.807) is 16.0 Å². The molecule has 4 rings (SSSR count). The smallest absolute Gasteiger partial charge is 0.231 e. The number of hydrogen-bond donors (Lipinski definition) is 1. The molecule has 0 fully saturated rings. The van der Waals surface area contributed by atoms with Crippen LogP contribution in [0.5, 0.6) is 0 Å². The first kappa shape index (κ1) is 20.3. The SMILES string of the molecule is Cc1cccc(C)c1-n1nnnc1SCC(=O)NC(c1ccccc1)c1cccs1. The average molecular weight is 436 g/mol. The molecule has 0 aliphatic carbocycles. The van der Waals surface area contributed by atoms with E-state index >= 15 is 0 Å². The summed E-state index contributed by atoms with van der Waals surface area (Å²) in [7, 11) is 0. The third kappa shape index (κ3) is 4.44. The lowest BCUT2D eigenvalue weighted by molar-refractivity contribution is -0.119. The number of para-hydroxylation sites is 1.